The Kier molecular flexibility index (Phi) is 6.43. The third kappa shape index (κ3) is 4.53. The first-order valence-electron chi connectivity index (χ1n) is 9.24. The van der Waals surface area contributed by atoms with E-state index in [9.17, 15) is 23.6 Å². The molecule has 2 aromatic carbocycles. The van der Waals surface area contributed by atoms with Crippen molar-refractivity contribution >= 4 is 23.5 Å². The van der Waals surface area contributed by atoms with Gasteiger partial charge in [-0.3, -0.25) is 9.59 Å². The number of anilines is 1. The van der Waals surface area contributed by atoms with Crippen molar-refractivity contribution in [2.45, 2.75) is 6.92 Å². The second kappa shape index (κ2) is 9.21. The minimum absolute atomic E-state index is 0.0219. The van der Waals surface area contributed by atoms with E-state index in [-0.39, 0.29) is 22.5 Å². The molecule has 3 aromatic rings. The summed E-state index contributed by atoms with van der Waals surface area (Å²) < 4.78 is 24.7. The summed E-state index contributed by atoms with van der Waals surface area (Å²) in [6, 6.07) is 10.7. The highest BCUT2D eigenvalue weighted by molar-refractivity contribution is 6.04. The van der Waals surface area contributed by atoms with Crippen LogP contribution in [0, 0.1) is 12.7 Å². The number of ether oxygens (including phenoxy) is 2. The van der Waals surface area contributed by atoms with Crippen molar-refractivity contribution in [3.05, 3.63) is 87.1 Å². The molecule has 0 saturated heterocycles. The van der Waals surface area contributed by atoms with Crippen molar-refractivity contribution in [1.29, 1.82) is 0 Å². The predicted octanol–water partition coefficient (Wildman–Crippen LogP) is 2.51. The monoisotopic (exact) mass is 439 g/mol. The number of hydrogen-bond donors (Lipinski definition) is 1. The number of esters is 2. The molecule has 1 amide bonds. The quantitative estimate of drug-likeness (QED) is 0.607. The Balaban J connectivity index is 2.03. The van der Waals surface area contributed by atoms with E-state index in [4.69, 9.17) is 0 Å². The molecule has 1 N–H and O–H groups in total. The van der Waals surface area contributed by atoms with Gasteiger partial charge in [-0.05, 0) is 37.3 Å². The summed E-state index contributed by atoms with van der Waals surface area (Å²) in [4.78, 5) is 49.1. The first-order chi connectivity index (χ1) is 15.2. The number of nitrogens with one attached hydrogen (secondary N) is 1. The molecule has 0 atom stereocenters. The summed E-state index contributed by atoms with van der Waals surface area (Å²) in [5.74, 6) is -3.01. The van der Waals surface area contributed by atoms with Gasteiger partial charge in [0.1, 0.15) is 11.5 Å². The Morgan fingerprint density at radius 1 is 0.969 bits per heavy atom. The lowest BCUT2D eigenvalue weighted by Crippen LogP contribution is -2.27. The number of halogens is 1. The van der Waals surface area contributed by atoms with Gasteiger partial charge in [-0.25, -0.2) is 18.7 Å². The molecule has 0 saturated carbocycles. The Hall–Kier alpha value is -4.34. The van der Waals surface area contributed by atoms with Crippen molar-refractivity contribution in [2.75, 3.05) is 19.5 Å². The van der Waals surface area contributed by atoms with Crippen LogP contribution in [0.1, 0.15) is 36.9 Å². The standard InChI is InChI=1S/C22H18FN3O6/c1-12-8-18(27)19(25-26(12)17-7-5-4-6-16(17)23)20(28)24-15-10-13(21(29)31-2)9-14(11-15)22(30)32-3/h4-11H,1-3H3,(H,24,28). The van der Waals surface area contributed by atoms with E-state index in [0.29, 0.717) is 5.69 Å². The normalized spacial score (nSPS) is 10.4. The number of aryl methyl sites for hydroxylation is 1. The molecule has 0 aliphatic heterocycles. The minimum atomic E-state index is -0.919. The van der Waals surface area contributed by atoms with Gasteiger partial charge in [0, 0.05) is 17.4 Å². The fraction of sp³-hybridized carbons (Fsp3) is 0.136. The first-order valence-corrected chi connectivity index (χ1v) is 9.24. The molecule has 0 radical (unpaired) electrons. The lowest BCUT2D eigenvalue weighted by atomic mass is 10.1. The summed E-state index contributed by atoms with van der Waals surface area (Å²) in [6.07, 6.45) is 0. The third-order valence-corrected chi connectivity index (χ3v) is 4.44. The van der Waals surface area contributed by atoms with Crippen LogP contribution in [-0.2, 0) is 9.47 Å². The van der Waals surface area contributed by atoms with Gasteiger partial charge in [0.05, 0.1) is 25.3 Å². The van der Waals surface area contributed by atoms with E-state index in [1.807, 2.05) is 0 Å². The van der Waals surface area contributed by atoms with Gasteiger partial charge >= 0.3 is 11.9 Å². The van der Waals surface area contributed by atoms with Crippen molar-refractivity contribution < 1.29 is 28.2 Å². The van der Waals surface area contributed by atoms with Crippen LogP contribution in [0.5, 0.6) is 0 Å². The molecule has 0 bridgehead atoms. The number of para-hydroxylation sites is 1. The SMILES string of the molecule is COC(=O)c1cc(NC(=O)c2nn(-c3ccccc3F)c(C)cc2=O)cc(C(=O)OC)c1. The van der Waals surface area contributed by atoms with Gasteiger partial charge in [0.15, 0.2) is 5.69 Å². The van der Waals surface area contributed by atoms with E-state index in [1.54, 1.807) is 13.0 Å². The van der Waals surface area contributed by atoms with Crippen LogP contribution < -0.4 is 10.7 Å². The summed E-state index contributed by atoms with van der Waals surface area (Å²) in [5, 5.41) is 6.44. The van der Waals surface area contributed by atoms with Gasteiger partial charge in [-0.1, -0.05) is 12.1 Å². The van der Waals surface area contributed by atoms with Crippen LogP contribution >= 0.6 is 0 Å². The van der Waals surface area contributed by atoms with Gasteiger partial charge in [0.25, 0.3) is 5.91 Å². The molecule has 0 fully saturated rings. The molecule has 1 aromatic heterocycles. The van der Waals surface area contributed by atoms with E-state index < -0.39 is 34.8 Å². The number of methoxy groups -OCH3 is 2. The fourth-order valence-electron chi connectivity index (χ4n) is 2.93. The molecule has 164 valence electrons. The van der Waals surface area contributed by atoms with Gasteiger partial charge in [-0.2, -0.15) is 5.10 Å². The smallest absolute Gasteiger partial charge is 0.337 e. The van der Waals surface area contributed by atoms with Crippen LogP contribution in [0.15, 0.2) is 53.3 Å². The zero-order chi connectivity index (χ0) is 23.4. The third-order valence-electron chi connectivity index (χ3n) is 4.44. The number of aromatic nitrogens is 2. The number of carbonyl (C=O) groups excluding carboxylic acids is 3. The molecule has 1 heterocycles. The molecule has 3 rings (SSSR count). The number of rotatable bonds is 5. The highest BCUT2D eigenvalue weighted by Gasteiger charge is 2.19. The second-order valence-corrected chi connectivity index (χ2v) is 6.60. The summed E-state index contributed by atoms with van der Waals surface area (Å²) >= 11 is 0. The zero-order valence-corrected chi connectivity index (χ0v) is 17.3. The van der Waals surface area contributed by atoms with Crippen molar-refractivity contribution in [1.82, 2.24) is 9.78 Å². The molecule has 32 heavy (non-hydrogen) atoms. The molecule has 0 aliphatic rings. The van der Waals surface area contributed by atoms with Gasteiger partial charge in [0.2, 0.25) is 5.43 Å². The topological polar surface area (TPSA) is 117 Å². The van der Waals surface area contributed by atoms with Crippen LogP contribution in [0.2, 0.25) is 0 Å². The lowest BCUT2D eigenvalue weighted by Gasteiger charge is -2.13. The van der Waals surface area contributed by atoms with Crippen molar-refractivity contribution in [2.24, 2.45) is 0 Å². The van der Waals surface area contributed by atoms with Crippen LogP contribution in [0.25, 0.3) is 5.69 Å². The van der Waals surface area contributed by atoms with Crippen molar-refractivity contribution in [3.8, 4) is 5.69 Å². The van der Waals surface area contributed by atoms with E-state index in [2.05, 4.69) is 19.9 Å². The van der Waals surface area contributed by atoms with E-state index >= 15 is 0 Å². The van der Waals surface area contributed by atoms with Crippen molar-refractivity contribution in [3.63, 3.8) is 0 Å². The summed E-state index contributed by atoms with van der Waals surface area (Å²) in [5.41, 5.74) is -0.848. The van der Waals surface area contributed by atoms with Gasteiger partial charge in [-0.15, -0.1) is 0 Å². The highest BCUT2D eigenvalue weighted by Crippen LogP contribution is 2.18. The molecule has 9 nitrogen and oxygen atoms in total. The van der Waals surface area contributed by atoms with Crippen LogP contribution in [-0.4, -0.2) is 41.8 Å². The maximum atomic E-state index is 14.2. The maximum Gasteiger partial charge on any atom is 0.337 e. The summed E-state index contributed by atoms with van der Waals surface area (Å²) in [7, 11) is 2.32. The number of nitrogens with zero attached hydrogens (tertiary/aromatic N) is 2. The molecule has 0 aliphatic carbocycles. The molecular weight excluding hydrogens is 421 g/mol. The van der Waals surface area contributed by atoms with Gasteiger partial charge < -0.3 is 14.8 Å². The van der Waals surface area contributed by atoms with E-state index in [1.165, 1.54) is 36.4 Å². The lowest BCUT2D eigenvalue weighted by molar-refractivity contribution is 0.0599. The maximum absolute atomic E-state index is 14.2. The second-order valence-electron chi connectivity index (χ2n) is 6.60. The molecule has 0 spiro atoms. The predicted molar refractivity (Wildman–Crippen MR) is 112 cm³/mol. The molecule has 0 unspecified atom stereocenters. The number of carbonyl (C=O) groups is 3. The van der Waals surface area contributed by atoms with E-state index in [0.717, 1.165) is 25.0 Å². The Labute approximate surface area is 181 Å². The van der Waals surface area contributed by atoms with Crippen LogP contribution in [0.3, 0.4) is 0 Å². The number of benzene rings is 2. The van der Waals surface area contributed by atoms with Crippen LogP contribution in [0.4, 0.5) is 10.1 Å². The highest BCUT2D eigenvalue weighted by atomic mass is 19.1. The largest absolute Gasteiger partial charge is 0.465 e. The molecular formula is C22H18FN3O6. The average molecular weight is 439 g/mol. The zero-order valence-electron chi connectivity index (χ0n) is 17.3. The Morgan fingerprint density at radius 3 is 2.12 bits per heavy atom. The first kappa shape index (κ1) is 22.3. The fourth-order valence-corrected chi connectivity index (χ4v) is 2.93. The summed E-state index contributed by atoms with van der Waals surface area (Å²) in [6.45, 7) is 1.55. The Bertz CT molecular complexity index is 1250. The molecule has 10 heteroatoms. The number of amides is 1. The Morgan fingerprint density at radius 2 is 1.56 bits per heavy atom. The number of hydrogen-bond acceptors (Lipinski definition) is 7. The average Bonchev–Trinajstić information content (AvgIpc) is 2.78. The minimum Gasteiger partial charge on any atom is -0.465 e.